The van der Waals surface area contributed by atoms with Crippen molar-refractivity contribution < 1.29 is 0 Å². The van der Waals surface area contributed by atoms with Gasteiger partial charge in [-0.25, -0.2) is 0 Å². The number of rotatable bonds is 7. The minimum Gasteiger partial charge on any atom is -0.357 e. The van der Waals surface area contributed by atoms with Crippen molar-refractivity contribution in [3.8, 4) is 0 Å². The topological polar surface area (TPSA) is 39.7 Å². The number of aliphatic imine (C=N–C) groups is 1. The Morgan fingerprint density at radius 1 is 1.25 bits per heavy atom. The van der Waals surface area contributed by atoms with Crippen LogP contribution in [0.5, 0.6) is 0 Å². The molecule has 0 radical (unpaired) electrons. The Kier molecular flexibility index (Phi) is 11.6. The van der Waals surface area contributed by atoms with Crippen molar-refractivity contribution in [2.75, 3.05) is 26.2 Å². The fourth-order valence-electron chi connectivity index (χ4n) is 2.66. The fourth-order valence-corrected chi connectivity index (χ4v) is 2.66. The zero-order valence-corrected chi connectivity index (χ0v) is 15.9. The van der Waals surface area contributed by atoms with Crippen LogP contribution in [0.1, 0.15) is 53.4 Å². The zero-order chi connectivity index (χ0) is 14.1. The lowest BCUT2D eigenvalue weighted by Crippen LogP contribution is -2.43. The van der Waals surface area contributed by atoms with Crippen LogP contribution in [0, 0.1) is 0 Å². The van der Waals surface area contributed by atoms with Gasteiger partial charge in [0.1, 0.15) is 0 Å². The Balaban J connectivity index is 0.00000361. The van der Waals surface area contributed by atoms with Crippen LogP contribution in [0.2, 0.25) is 0 Å². The van der Waals surface area contributed by atoms with Gasteiger partial charge in [-0.15, -0.1) is 24.0 Å². The van der Waals surface area contributed by atoms with Crippen molar-refractivity contribution in [2.24, 2.45) is 4.99 Å². The van der Waals surface area contributed by atoms with Gasteiger partial charge >= 0.3 is 0 Å². The molecule has 0 aromatic carbocycles. The Morgan fingerprint density at radius 2 is 1.90 bits per heavy atom. The van der Waals surface area contributed by atoms with Crippen molar-refractivity contribution in [3.05, 3.63) is 0 Å². The molecule has 0 unspecified atom stereocenters. The van der Waals surface area contributed by atoms with Gasteiger partial charge in [0.05, 0.1) is 6.54 Å². The van der Waals surface area contributed by atoms with Gasteiger partial charge in [-0.2, -0.15) is 0 Å². The van der Waals surface area contributed by atoms with E-state index in [4.69, 9.17) is 4.99 Å². The molecule has 0 aliphatic heterocycles. The van der Waals surface area contributed by atoms with Crippen molar-refractivity contribution >= 4 is 29.9 Å². The molecule has 1 saturated carbocycles. The van der Waals surface area contributed by atoms with Gasteiger partial charge in [-0.1, -0.05) is 19.8 Å². The average Bonchev–Trinajstić information content (AvgIpc) is 2.87. The molecular weight excluding hydrogens is 363 g/mol. The predicted octanol–water partition coefficient (Wildman–Crippen LogP) is 2.83. The highest BCUT2D eigenvalue weighted by Gasteiger charge is 2.15. The summed E-state index contributed by atoms with van der Waals surface area (Å²) in [5.74, 6) is 0.995. The molecule has 0 amide bonds. The van der Waals surface area contributed by atoms with Crippen LogP contribution in [0.4, 0.5) is 0 Å². The van der Waals surface area contributed by atoms with Crippen LogP contribution in [0.15, 0.2) is 4.99 Å². The van der Waals surface area contributed by atoms with E-state index in [1.165, 1.54) is 25.7 Å². The van der Waals surface area contributed by atoms with Crippen molar-refractivity contribution in [2.45, 2.75) is 65.5 Å². The second-order valence-corrected chi connectivity index (χ2v) is 5.61. The molecule has 5 heteroatoms. The minimum atomic E-state index is 0. The van der Waals surface area contributed by atoms with Crippen LogP contribution in [-0.4, -0.2) is 49.1 Å². The molecule has 0 aromatic heterocycles. The highest BCUT2D eigenvalue weighted by atomic mass is 127. The second-order valence-electron chi connectivity index (χ2n) is 5.61. The van der Waals surface area contributed by atoms with E-state index in [2.05, 4.69) is 43.2 Å². The van der Waals surface area contributed by atoms with E-state index < -0.39 is 0 Å². The first-order valence-electron chi connectivity index (χ1n) is 7.96. The first-order valence-corrected chi connectivity index (χ1v) is 7.96. The number of nitrogens with one attached hydrogen (secondary N) is 2. The SMILES string of the molecule is CCNC(=NCCN(CC)C(C)C)NC1CCCC1.I. The molecule has 0 atom stereocenters. The van der Waals surface area contributed by atoms with E-state index in [1.807, 2.05) is 0 Å². The van der Waals surface area contributed by atoms with Gasteiger partial charge in [0.15, 0.2) is 5.96 Å². The zero-order valence-electron chi connectivity index (χ0n) is 13.6. The molecule has 4 nitrogen and oxygen atoms in total. The van der Waals surface area contributed by atoms with Gasteiger partial charge in [-0.3, -0.25) is 9.89 Å². The summed E-state index contributed by atoms with van der Waals surface area (Å²) >= 11 is 0. The van der Waals surface area contributed by atoms with Crippen LogP contribution in [0.25, 0.3) is 0 Å². The molecular formula is C15H33IN4. The summed E-state index contributed by atoms with van der Waals surface area (Å²) in [5, 5.41) is 6.91. The number of halogens is 1. The smallest absolute Gasteiger partial charge is 0.191 e. The fraction of sp³-hybridized carbons (Fsp3) is 0.933. The van der Waals surface area contributed by atoms with Crippen LogP contribution >= 0.6 is 24.0 Å². The standard InChI is InChI=1S/C15H32N4.HI/c1-5-16-15(18-14-9-7-8-10-14)17-11-12-19(6-2)13(3)4;/h13-14H,5-12H2,1-4H3,(H2,16,17,18);1H. The molecule has 0 saturated heterocycles. The van der Waals surface area contributed by atoms with Crippen LogP contribution < -0.4 is 10.6 Å². The number of hydrogen-bond acceptors (Lipinski definition) is 2. The first kappa shape index (κ1) is 20.0. The Bertz CT molecular complexity index is 263. The number of hydrogen-bond donors (Lipinski definition) is 2. The Labute approximate surface area is 142 Å². The van der Waals surface area contributed by atoms with Crippen LogP contribution in [-0.2, 0) is 0 Å². The van der Waals surface area contributed by atoms with Gasteiger partial charge in [0, 0.05) is 25.2 Å². The second kappa shape index (κ2) is 11.6. The maximum atomic E-state index is 4.70. The number of nitrogens with zero attached hydrogens (tertiary/aromatic N) is 2. The lowest BCUT2D eigenvalue weighted by molar-refractivity contribution is 0.240. The third kappa shape index (κ3) is 7.67. The lowest BCUT2D eigenvalue weighted by atomic mass is 10.2. The third-order valence-corrected chi connectivity index (χ3v) is 3.83. The summed E-state index contributed by atoms with van der Waals surface area (Å²) in [6, 6.07) is 1.23. The molecule has 0 spiro atoms. The normalized spacial score (nSPS) is 16.6. The van der Waals surface area contributed by atoms with E-state index in [-0.39, 0.29) is 24.0 Å². The van der Waals surface area contributed by atoms with E-state index in [9.17, 15) is 0 Å². The Morgan fingerprint density at radius 3 is 2.40 bits per heavy atom. The van der Waals surface area contributed by atoms with Crippen molar-refractivity contribution in [3.63, 3.8) is 0 Å². The summed E-state index contributed by atoms with van der Waals surface area (Å²) in [6.07, 6.45) is 5.29. The summed E-state index contributed by atoms with van der Waals surface area (Å²) in [4.78, 5) is 7.15. The molecule has 1 aliphatic rings. The molecule has 0 bridgehead atoms. The highest BCUT2D eigenvalue weighted by molar-refractivity contribution is 14.0. The average molecular weight is 396 g/mol. The predicted molar refractivity (Wildman–Crippen MR) is 99.2 cm³/mol. The van der Waals surface area contributed by atoms with Gasteiger partial charge in [0.2, 0.25) is 0 Å². The van der Waals surface area contributed by atoms with Crippen molar-refractivity contribution in [1.82, 2.24) is 15.5 Å². The van der Waals surface area contributed by atoms with E-state index >= 15 is 0 Å². The van der Waals surface area contributed by atoms with E-state index in [0.717, 1.165) is 32.1 Å². The van der Waals surface area contributed by atoms with Gasteiger partial charge in [-0.05, 0) is 40.2 Å². The molecule has 1 rings (SSSR count). The summed E-state index contributed by atoms with van der Waals surface area (Å²) in [6.45, 7) is 12.8. The maximum Gasteiger partial charge on any atom is 0.191 e. The minimum absolute atomic E-state index is 0. The van der Waals surface area contributed by atoms with Gasteiger partial charge < -0.3 is 10.6 Å². The largest absolute Gasteiger partial charge is 0.357 e. The Hall–Kier alpha value is -0.0400. The summed E-state index contributed by atoms with van der Waals surface area (Å²) < 4.78 is 0. The quantitative estimate of drug-likeness (QED) is 0.395. The lowest BCUT2D eigenvalue weighted by Gasteiger charge is -2.24. The van der Waals surface area contributed by atoms with Crippen LogP contribution in [0.3, 0.4) is 0 Å². The molecule has 20 heavy (non-hydrogen) atoms. The summed E-state index contributed by atoms with van der Waals surface area (Å²) in [5.41, 5.74) is 0. The van der Waals surface area contributed by atoms with E-state index in [1.54, 1.807) is 0 Å². The van der Waals surface area contributed by atoms with Crippen molar-refractivity contribution in [1.29, 1.82) is 0 Å². The third-order valence-electron chi connectivity index (χ3n) is 3.83. The molecule has 1 aliphatic carbocycles. The number of guanidine groups is 1. The molecule has 120 valence electrons. The monoisotopic (exact) mass is 396 g/mol. The highest BCUT2D eigenvalue weighted by Crippen LogP contribution is 2.17. The molecule has 1 fully saturated rings. The maximum absolute atomic E-state index is 4.70. The van der Waals surface area contributed by atoms with E-state index in [0.29, 0.717) is 12.1 Å². The summed E-state index contributed by atoms with van der Waals surface area (Å²) in [7, 11) is 0. The first-order chi connectivity index (χ1) is 9.17. The number of likely N-dealkylation sites (N-methyl/N-ethyl adjacent to an activating group) is 1. The molecule has 2 N–H and O–H groups in total. The molecule has 0 heterocycles. The molecule has 0 aromatic rings. The van der Waals surface area contributed by atoms with Gasteiger partial charge in [0.25, 0.3) is 0 Å².